The number of nitrogens with zero attached hydrogens (tertiary/aromatic N) is 1. The minimum absolute atomic E-state index is 0.155. The normalized spacial score (nSPS) is 13.6. The van der Waals surface area contributed by atoms with Crippen LogP contribution in [0.2, 0.25) is 0 Å². The topological polar surface area (TPSA) is 85.8 Å². The Kier molecular flexibility index (Phi) is 5.54. The highest BCUT2D eigenvalue weighted by Gasteiger charge is 2.30. The SMILES string of the molecule is CCCC(C)(N)C(=O)N(C)Cc1cc(C(=O)OC)c(C)o1. The first-order chi connectivity index (χ1) is 9.72. The van der Waals surface area contributed by atoms with Crippen molar-refractivity contribution in [3.8, 4) is 0 Å². The van der Waals surface area contributed by atoms with Crippen molar-refractivity contribution in [1.82, 2.24) is 4.90 Å². The number of ether oxygens (including phenoxy) is 1. The summed E-state index contributed by atoms with van der Waals surface area (Å²) in [6.45, 7) is 5.65. The van der Waals surface area contributed by atoms with Gasteiger partial charge in [0.25, 0.3) is 0 Å². The summed E-state index contributed by atoms with van der Waals surface area (Å²) in [6.07, 6.45) is 1.44. The van der Waals surface area contributed by atoms with Gasteiger partial charge in [-0.3, -0.25) is 4.79 Å². The number of amides is 1. The zero-order valence-electron chi connectivity index (χ0n) is 13.4. The Balaban J connectivity index is 2.82. The summed E-state index contributed by atoms with van der Waals surface area (Å²) in [6, 6.07) is 1.60. The van der Waals surface area contributed by atoms with Crippen LogP contribution in [0.1, 0.15) is 48.6 Å². The lowest BCUT2D eigenvalue weighted by atomic mass is 9.96. The van der Waals surface area contributed by atoms with Crippen LogP contribution >= 0.6 is 0 Å². The third kappa shape index (κ3) is 4.07. The molecule has 2 N–H and O–H groups in total. The Hall–Kier alpha value is -1.82. The van der Waals surface area contributed by atoms with E-state index in [2.05, 4.69) is 4.74 Å². The number of rotatable bonds is 6. The summed E-state index contributed by atoms with van der Waals surface area (Å²) in [5.41, 5.74) is 5.51. The van der Waals surface area contributed by atoms with Gasteiger partial charge in [-0.25, -0.2) is 4.79 Å². The summed E-state index contributed by atoms with van der Waals surface area (Å²) in [7, 11) is 2.98. The molecule has 1 atom stereocenters. The molecule has 1 rings (SSSR count). The van der Waals surface area contributed by atoms with Crippen molar-refractivity contribution in [2.75, 3.05) is 14.2 Å². The van der Waals surface area contributed by atoms with Crippen LogP contribution in [0.15, 0.2) is 10.5 Å². The number of carbonyl (C=O) groups excluding carboxylic acids is 2. The molecule has 0 aliphatic rings. The molecule has 1 amide bonds. The Morgan fingerprint density at radius 2 is 2.10 bits per heavy atom. The molecule has 0 fully saturated rings. The average Bonchev–Trinajstić information content (AvgIpc) is 2.77. The van der Waals surface area contributed by atoms with Crippen LogP contribution in [0.3, 0.4) is 0 Å². The molecule has 118 valence electrons. The molecule has 0 aromatic carbocycles. The van der Waals surface area contributed by atoms with Crippen molar-refractivity contribution >= 4 is 11.9 Å². The highest BCUT2D eigenvalue weighted by atomic mass is 16.5. The van der Waals surface area contributed by atoms with E-state index in [1.807, 2.05) is 6.92 Å². The highest BCUT2D eigenvalue weighted by Crippen LogP contribution is 2.19. The van der Waals surface area contributed by atoms with Gasteiger partial charge < -0.3 is 19.8 Å². The Labute approximate surface area is 125 Å². The molecule has 0 aliphatic heterocycles. The first-order valence-electron chi connectivity index (χ1n) is 6.95. The smallest absolute Gasteiger partial charge is 0.341 e. The number of hydrogen-bond acceptors (Lipinski definition) is 5. The highest BCUT2D eigenvalue weighted by molar-refractivity contribution is 5.90. The third-order valence-electron chi connectivity index (χ3n) is 3.37. The summed E-state index contributed by atoms with van der Waals surface area (Å²) in [5, 5.41) is 0. The number of nitrogens with two attached hydrogens (primary N) is 1. The van der Waals surface area contributed by atoms with Crippen molar-refractivity contribution < 1.29 is 18.7 Å². The maximum Gasteiger partial charge on any atom is 0.341 e. The van der Waals surface area contributed by atoms with E-state index in [1.54, 1.807) is 27.0 Å². The van der Waals surface area contributed by atoms with Gasteiger partial charge in [0.05, 0.1) is 19.2 Å². The van der Waals surface area contributed by atoms with Crippen molar-refractivity contribution in [2.45, 2.75) is 45.7 Å². The van der Waals surface area contributed by atoms with E-state index in [1.165, 1.54) is 12.0 Å². The predicted molar refractivity (Wildman–Crippen MR) is 78.8 cm³/mol. The number of likely N-dealkylation sites (N-methyl/N-ethyl adjacent to an activating group) is 1. The van der Waals surface area contributed by atoms with E-state index in [4.69, 9.17) is 10.2 Å². The molecule has 1 aromatic heterocycles. The number of carbonyl (C=O) groups is 2. The van der Waals surface area contributed by atoms with Crippen LogP contribution in [0.5, 0.6) is 0 Å². The van der Waals surface area contributed by atoms with E-state index in [0.717, 1.165) is 6.42 Å². The Morgan fingerprint density at radius 1 is 1.48 bits per heavy atom. The fourth-order valence-electron chi connectivity index (χ4n) is 2.30. The van der Waals surface area contributed by atoms with Gasteiger partial charge in [0.1, 0.15) is 17.1 Å². The summed E-state index contributed by atoms with van der Waals surface area (Å²) in [4.78, 5) is 25.3. The van der Waals surface area contributed by atoms with E-state index in [9.17, 15) is 9.59 Å². The number of furan rings is 1. The standard InChI is InChI=1S/C15H24N2O4/c1-6-7-15(3,16)14(19)17(4)9-11-8-12(10(2)21-11)13(18)20-5/h8H,6-7,9,16H2,1-5H3. The molecule has 0 aliphatic carbocycles. The van der Waals surface area contributed by atoms with E-state index >= 15 is 0 Å². The van der Waals surface area contributed by atoms with E-state index < -0.39 is 11.5 Å². The molecule has 6 nitrogen and oxygen atoms in total. The predicted octanol–water partition coefficient (Wildman–Crippen LogP) is 1.85. The van der Waals surface area contributed by atoms with Gasteiger partial charge >= 0.3 is 5.97 Å². The summed E-state index contributed by atoms with van der Waals surface area (Å²) in [5.74, 6) is 0.391. The molecule has 0 spiro atoms. The molecule has 0 saturated heterocycles. The van der Waals surface area contributed by atoms with Crippen LogP contribution in [-0.4, -0.2) is 36.5 Å². The molecular weight excluding hydrogens is 272 g/mol. The maximum atomic E-state index is 12.3. The van der Waals surface area contributed by atoms with Crippen LogP contribution in [0.4, 0.5) is 0 Å². The molecule has 1 aromatic rings. The molecule has 1 heterocycles. The largest absolute Gasteiger partial charge is 0.465 e. The zero-order chi connectivity index (χ0) is 16.2. The Bertz CT molecular complexity index is 520. The first-order valence-corrected chi connectivity index (χ1v) is 6.95. The third-order valence-corrected chi connectivity index (χ3v) is 3.37. The second kappa shape index (κ2) is 6.76. The number of aryl methyl sites for hydroxylation is 1. The maximum absolute atomic E-state index is 12.3. The monoisotopic (exact) mass is 296 g/mol. The van der Waals surface area contributed by atoms with Crippen LogP contribution < -0.4 is 5.73 Å². The molecule has 0 saturated carbocycles. The quantitative estimate of drug-likeness (QED) is 0.810. The summed E-state index contributed by atoms with van der Waals surface area (Å²) < 4.78 is 10.2. The van der Waals surface area contributed by atoms with Crippen molar-refractivity contribution in [1.29, 1.82) is 0 Å². The van der Waals surface area contributed by atoms with Gasteiger partial charge in [0.2, 0.25) is 5.91 Å². The molecule has 21 heavy (non-hydrogen) atoms. The summed E-state index contributed by atoms with van der Waals surface area (Å²) >= 11 is 0. The second-order valence-electron chi connectivity index (χ2n) is 5.50. The van der Waals surface area contributed by atoms with Crippen molar-refractivity contribution in [2.24, 2.45) is 5.73 Å². The minimum atomic E-state index is -0.893. The van der Waals surface area contributed by atoms with Crippen LogP contribution in [0.25, 0.3) is 0 Å². The zero-order valence-corrected chi connectivity index (χ0v) is 13.4. The fraction of sp³-hybridized carbons (Fsp3) is 0.600. The molecular formula is C15H24N2O4. The first kappa shape index (κ1) is 17.2. The van der Waals surface area contributed by atoms with E-state index in [0.29, 0.717) is 23.5 Å². The lowest BCUT2D eigenvalue weighted by molar-refractivity contribution is -0.136. The molecule has 6 heteroatoms. The number of hydrogen-bond donors (Lipinski definition) is 1. The van der Waals surface area contributed by atoms with Crippen molar-refractivity contribution in [3.63, 3.8) is 0 Å². The molecule has 0 radical (unpaired) electrons. The fourth-order valence-corrected chi connectivity index (χ4v) is 2.30. The average molecular weight is 296 g/mol. The lowest BCUT2D eigenvalue weighted by Crippen LogP contribution is -2.51. The molecule has 0 bridgehead atoms. The lowest BCUT2D eigenvalue weighted by Gasteiger charge is -2.28. The van der Waals surface area contributed by atoms with Crippen LogP contribution in [-0.2, 0) is 16.1 Å². The van der Waals surface area contributed by atoms with Crippen LogP contribution in [0, 0.1) is 6.92 Å². The number of methoxy groups -OCH3 is 1. The van der Waals surface area contributed by atoms with Gasteiger partial charge in [0, 0.05) is 7.05 Å². The van der Waals surface area contributed by atoms with Gasteiger partial charge in [-0.1, -0.05) is 13.3 Å². The van der Waals surface area contributed by atoms with Crippen molar-refractivity contribution in [3.05, 3.63) is 23.2 Å². The number of esters is 1. The Morgan fingerprint density at radius 3 is 2.62 bits per heavy atom. The van der Waals surface area contributed by atoms with E-state index in [-0.39, 0.29) is 12.5 Å². The van der Waals surface area contributed by atoms with Gasteiger partial charge in [-0.05, 0) is 26.3 Å². The molecule has 1 unspecified atom stereocenters. The van der Waals surface area contributed by atoms with Gasteiger partial charge in [0.15, 0.2) is 0 Å². The second-order valence-corrected chi connectivity index (χ2v) is 5.50. The van der Waals surface area contributed by atoms with Gasteiger partial charge in [-0.15, -0.1) is 0 Å². The van der Waals surface area contributed by atoms with Gasteiger partial charge in [-0.2, -0.15) is 0 Å². The minimum Gasteiger partial charge on any atom is -0.465 e.